The number of para-hydroxylation sites is 1. The van der Waals surface area contributed by atoms with E-state index in [1.54, 1.807) is 0 Å². The monoisotopic (exact) mass is 367 g/mol. The molecule has 0 aliphatic rings. The molecule has 1 aromatic heterocycles. The van der Waals surface area contributed by atoms with Gasteiger partial charge in [-0.25, -0.2) is 9.48 Å². The molecular formula is C19H21N5O3. The largest absolute Gasteiger partial charge is 0.431 e. The number of primary amides is 1. The fourth-order valence-corrected chi connectivity index (χ4v) is 2.84. The van der Waals surface area contributed by atoms with Gasteiger partial charge in [-0.2, -0.15) is 0 Å². The zero-order valence-corrected chi connectivity index (χ0v) is 15.0. The van der Waals surface area contributed by atoms with Crippen LogP contribution in [0.25, 0.3) is 11.0 Å². The Morgan fingerprint density at radius 3 is 2.59 bits per heavy atom. The van der Waals surface area contributed by atoms with Crippen LogP contribution in [0.4, 0.5) is 4.79 Å². The van der Waals surface area contributed by atoms with Gasteiger partial charge in [-0.3, -0.25) is 4.79 Å². The van der Waals surface area contributed by atoms with Crippen LogP contribution in [0.3, 0.4) is 0 Å². The molecule has 1 heterocycles. The second kappa shape index (κ2) is 7.86. The highest BCUT2D eigenvalue weighted by molar-refractivity contribution is 5.87. The van der Waals surface area contributed by atoms with Crippen LogP contribution in [0.2, 0.25) is 0 Å². The molecule has 8 heteroatoms. The van der Waals surface area contributed by atoms with E-state index in [4.69, 9.17) is 10.5 Å². The van der Waals surface area contributed by atoms with E-state index in [1.165, 1.54) is 11.6 Å². The predicted molar refractivity (Wildman–Crippen MR) is 99.8 cm³/mol. The summed E-state index contributed by atoms with van der Waals surface area (Å²) in [5.74, 6) is -0.447. The summed E-state index contributed by atoms with van der Waals surface area (Å²) in [5, 5.41) is 10.9. The van der Waals surface area contributed by atoms with Crippen LogP contribution in [0.1, 0.15) is 12.5 Å². The number of ether oxygens (including phenoxy) is 1. The van der Waals surface area contributed by atoms with Crippen LogP contribution >= 0.6 is 0 Å². The number of nitrogens with one attached hydrogen (secondary N) is 1. The average Bonchev–Trinajstić information content (AvgIpc) is 3.04. The molecule has 3 rings (SSSR count). The average molecular weight is 367 g/mol. The van der Waals surface area contributed by atoms with E-state index >= 15 is 0 Å². The first-order valence-electron chi connectivity index (χ1n) is 8.57. The maximum atomic E-state index is 12.7. The number of hydrogen-bond donors (Lipinski definition) is 2. The van der Waals surface area contributed by atoms with Crippen LogP contribution < -0.4 is 11.1 Å². The summed E-state index contributed by atoms with van der Waals surface area (Å²) in [6, 6.07) is 17.1. The summed E-state index contributed by atoms with van der Waals surface area (Å²) in [4.78, 5) is 24.1. The summed E-state index contributed by atoms with van der Waals surface area (Å²) in [6.07, 6.45) is -0.369. The number of hydrogen-bond acceptors (Lipinski definition) is 5. The Balaban J connectivity index is 1.73. The Labute approximate surface area is 156 Å². The molecule has 1 atom stereocenters. The Kier molecular flexibility index (Phi) is 5.35. The maximum Gasteiger partial charge on any atom is 0.405 e. The molecule has 0 bridgehead atoms. The van der Waals surface area contributed by atoms with Gasteiger partial charge in [0.2, 0.25) is 5.60 Å². The van der Waals surface area contributed by atoms with Gasteiger partial charge in [0.1, 0.15) is 5.52 Å². The molecule has 0 radical (unpaired) electrons. The van der Waals surface area contributed by atoms with Crippen molar-refractivity contribution in [1.82, 2.24) is 20.3 Å². The van der Waals surface area contributed by atoms with E-state index in [9.17, 15) is 9.59 Å². The topological polar surface area (TPSA) is 112 Å². The quantitative estimate of drug-likeness (QED) is 0.659. The second-order valence-electron chi connectivity index (χ2n) is 6.38. The molecule has 8 nitrogen and oxygen atoms in total. The highest BCUT2D eigenvalue weighted by Crippen LogP contribution is 2.18. The first-order chi connectivity index (χ1) is 13.0. The fourth-order valence-electron chi connectivity index (χ4n) is 2.84. The normalized spacial score (nSPS) is 13.1. The summed E-state index contributed by atoms with van der Waals surface area (Å²) in [6.45, 7) is 1.90. The Morgan fingerprint density at radius 1 is 1.15 bits per heavy atom. The summed E-state index contributed by atoms with van der Waals surface area (Å²) in [5.41, 5.74) is 6.19. The molecule has 2 amide bonds. The number of rotatable bonds is 7. The van der Waals surface area contributed by atoms with Gasteiger partial charge in [-0.1, -0.05) is 47.7 Å². The molecule has 27 heavy (non-hydrogen) atoms. The van der Waals surface area contributed by atoms with Crippen molar-refractivity contribution in [2.75, 3.05) is 6.54 Å². The molecule has 0 saturated carbocycles. The zero-order chi connectivity index (χ0) is 19.3. The van der Waals surface area contributed by atoms with Gasteiger partial charge >= 0.3 is 6.09 Å². The minimum atomic E-state index is -1.51. The molecule has 0 spiro atoms. The first-order valence-corrected chi connectivity index (χ1v) is 8.57. The second-order valence-corrected chi connectivity index (χ2v) is 6.38. The van der Waals surface area contributed by atoms with Gasteiger partial charge in [0, 0.05) is 6.54 Å². The smallest absolute Gasteiger partial charge is 0.405 e. The van der Waals surface area contributed by atoms with E-state index in [0.29, 0.717) is 18.5 Å². The van der Waals surface area contributed by atoms with E-state index in [-0.39, 0.29) is 6.54 Å². The van der Waals surface area contributed by atoms with Crippen molar-refractivity contribution in [3.63, 3.8) is 0 Å². The van der Waals surface area contributed by atoms with Gasteiger partial charge in [0.05, 0.1) is 12.1 Å². The molecule has 3 aromatic rings. The van der Waals surface area contributed by atoms with Gasteiger partial charge in [0.15, 0.2) is 0 Å². The van der Waals surface area contributed by atoms with E-state index < -0.39 is 17.6 Å². The minimum Gasteiger partial charge on any atom is -0.431 e. The number of aromatic nitrogens is 3. The van der Waals surface area contributed by atoms with Crippen molar-refractivity contribution in [3.05, 3.63) is 60.2 Å². The van der Waals surface area contributed by atoms with Crippen LogP contribution in [-0.2, 0) is 22.5 Å². The van der Waals surface area contributed by atoms with Gasteiger partial charge < -0.3 is 15.8 Å². The lowest BCUT2D eigenvalue weighted by Crippen LogP contribution is -2.52. The van der Waals surface area contributed by atoms with E-state index in [1.807, 2.05) is 54.6 Å². The third-order valence-corrected chi connectivity index (χ3v) is 4.22. The lowest BCUT2D eigenvalue weighted by atomic mass is 10.1. The Morgan fingerprint density at radius 2 is 1.85 bits per heavy atom. The SMILES string of the molecule is CC(Cn1nnc2ccccc21)(OC(N)=O)C(=O)NCCc1ccccc1. The van der Waals surface area contributed by atoms with Crippen molar-refractivity contribution < 1.29 is 14.3 Å². The molecule has 140 valence electrons. The molecule has 2 aromatic carbocycles. The molecule has 0 aliphatic carbocycles. The van der Waals surface area contributed by atoms with Crippen molar-refractivity contribution >= 4 is 23.0 Å². The predicted octanol–water partition coefficient (Wildman–Crippen LogP) is 1.64. The number of nitrogens with zero attached hydrogens (tertiary/aromatic N) is 3. The summed E-state index contributed by atoms with van der Waals surface area (Å²) < 4.78 is 6.69. The molecule has 0 aliphatic heterocycles. The van der Waals surface area contributed by atoms with Crippen molar-refractivity contribution in [2.45, 2.75) is 25.5 Å². The van der Waals surface area contributed by atoms with Crippen molar-refractivity contribution in [3.8, 4) is 0 Å². The number of fused-ring (bicyclic) bond motifs is 1. The van der Waals surface area contributed by atoms with Crippen LogP contribution in [0.15, 0.2) is 54.6 Å². The van der Waals surface area contributed by atoms with Crippen LogP contribution in [-0.4, -0.2) is 39.1 Å². The third kappa shape index (κ3) is 4.41. The lowest BCUT2D eigenvalue weighted by molar-refractivity contribution is -0.139. The van der Waals surface area contributed by atoms with Gasteiger partial charge in [0.25, 0.3) is 5.91 Å². The highest BCUT2D eigenvalue weighted by Gasteiger charge is 2.38. The minimum absolute atomic E-state index is 0.00633. The number of carbonyl (C=O) groups is 2. The van der Waals surface area contributed by atoms with Crippen molar-refractivity contribution in [2.24, 2.45) is 5.73 Å². The molecule has 0 saturated heterocycles. The number of benzene rings is 2. The number of nitrogens with two attached hydrogens (primary N) is 1. The Hall–Kier alpha value is -3.42. The maximum absolute atomic E-state index is 12.7. The lowest BCUT2D eigenvalue weighted by Gasteiger charge is -2.27. The molecule has 3 N–H and O–H groups in total. The van der Waals surface area contributed by atoms with E-state index in [2.05, 4.69) is 15.6 Å². The number of amides is 2. The molecule has 1 unspecified atom stereocenters. The fraction of sp³-hybridized carbons (Fsp3) is 0.263. The van der Waals surface area contributed by atoms with Crippen molar-refractivity contribution in [1.29, 1.82) is 0 Å². The summed E-state index contributed by atoms with van der Waals surface area (Å²) in [7, 11) is 0. The van der Waals surface area contributed by atoms with Gasteiger partial charge in [-0.05, 0) is 31.0 Å². The Bertz CT molecular complexity index is 941. The first kappa shape index (κ1) is 18.4. The number of carbonyl (C=O) groups excluding carboxylic acids is 2. The third-order valence-electron chi connectivity index (χ3n) is 4.22. The van der Waals surface area contributed by atoms with Crippen LogP contribution in [0.5, 0.6) is 0 Å². The van der Waals surface area contributed by atoms with Gasteiger partial charge in [-0.15, -0.1) is 5.10 Å². The highest BCUT2D eigenvalue weighted by atomic mass is 16.6. The van der Waals surface area contributed by atoms with Crippen LogP contribution in [0, 0.1) is 0 Å². The standard InChI is InChI=1S/C19H21N5O3/c1-19(27-18(20)26,13-24-16-10-6-5-9-15(16)22-23-24)17(25)21-12-11-14-7-3-2-4-8-14/h2-10H,11-13H2,1H3,(H2,20,26)(H,21,25). The summed E-state index contributed by atoms with van der Waals surface area (Å²) >= 11 is 0. The zero-order valence-electron chi connectivity index (χ0n) is 15.0. The molecular weight excluding hydrogens is 346 g/mol. The van der Waals surface area contributed by atoms with E-state index in [0.717, 1.165) is 11.1 Å². The molecule has 0 fully saturated rings.